The zero-order chi connectivity index (χ0) is 31.5. The van der Waals surface area contributed by atoms with Crippen molar-refractivity contribution in [2.75, 3.05) is 11.4 Å². The second kappa shape index (κ2) is 15.8. The molecule has 0 radical (unpaired) electrons. The lowest BCUT2D eigenvalue weighted by Crippen LogP contribution is -2.35. The Morgan fingerprint density at radius 3 is 2.34 bits per heavy atom. The second-order valence-corrected chi connectivity index (χ2v) is 11.0. The number of anilines is 1. The van der Waals surface area contributed by atoms with Crippen LogP contribution >= 0.6 is 23.8 Å². The van der Waals surface area contributed by atoms with Gasteiger partial charge >= 0.3 is 5.97 Å². The third-order valence-corrected chi connectivity index (χ3v) is 7.73. The third kappa shape index (κ3) is 9.23. The zero-order valence-corrected chi connectivity index (χ0v) is 25.5. The molecular formula is C33H33ClN4O5S. The average Bonchev–Trinajstić information content (AvgIpc) is 3.03. The Hall–Kier alpha value is -4.54. The van der Waals surface area contributed by atoms with Gasteiger partial charge in [0.05, 0.1) is 17.4 Å². The quantitative estimate of drug-likeness (QED) is 0.0994. The van der Waals surface area contributed by atoms with Gasteiger partial charge in [0.1, 0.15) is 0 Å². The highest BCUT2D eigenvalue weighted by molar-refractivity contribution is 7.79. The van der Waals surface area contributed by atoms with E-state index in [1.54, 1.807) is 41.3 Å². The number of amides is 1. The summed E-state index contributed by atoms with van der Waals surface area (Å²) >= 11 is 11.4. The fraction of sp³-hybridized carbons (Fsp3) is 0.242. The van der Waals surface area contributed by atoms with Crippen molar-refractivity contribution in [2.24, 2.45) is 0 Å². The van der Waals surface area contributed by atoms with E-state index >= 15 is 0 Å². The number of carbonyl (C=O) groups excluding carboxylic acids is 1. The van der Waals surface area contributed by atoms with Gasteiger partial charge in [-0.15, -0.1) is 0 Å². The number of thiocarbonyl (C=S) groups is 1. The molecule has 1 aliphatic rings. The van der Waals surface area contributed by atoms with E-state index in [4.69, 9.17) is 28.9 Å². The van der Waals surface area contributed by atoms with Crippen molar-refractivity contribution in [3.8, 4) is 0 Å². The molecule has 3 aromatic rings. The lowest BCUT2D eigenvalue weighted by Gasteiger charge is -2.29. The van der Waals surface area contributed by atoms with Gasteiger partial charge in [-0.25, -0.2) is 0 Å². The number of carboxylic acids is 1. The minimum absolute atomic E-state index is 0.0198. The van der Waals surface area contributed by atoms with Gasteiger partial charge in [0, 0.05) is 34.7 Å². The van der Waals surface area contributed by atoms with Crippen molar-refractivity contribution in [3.05, 3.63) is 128 Å². The minimum Gasteiger partial charge on any atom is -0.481 e. The summed E-state index contributed by atoms with van der Waals surface area (Å²) in [6, 6.07) is 21.3. The van der Waals surface area contributed by atoms with Crippen molar-refractivity contribution in [1.29, 1.82) is 0 Å². The normalized spacial score (nSPS) is 13.8. The molecule has 1 atom stereocenters. The first-order chi connectivity index (χ1) is 21.2. The number of nitro groups is 1. The molecule has 0 fully saturated rings. The Bertz CT molecular complexity index is 1540. The van der Waals surface area contributed by atoms with Crippen LogP contribution in [0, 0.1) is 10.1 Å². The maximum absolute atomic E-state index is 12.4. The highest BCUT2D eigenvalue weighted by Gasteiger charge is 2.21. The van der Waals surface area contributed by atoms with E-state index in [1.807, 2.05) is 36.4 Å². The molecule has 1 amide bonds. The molecule has 0 saturated heterocycles. The molecular weight excluding hydrogens is 600 g/mol. The first-order valence-corrected chi connectivity index (χ1v) is 15.1. The molecule has 0 spiro atoms. The fourth-order valence-corrected chi connectivity index (χ4v) is 5.26. The van der Waals surface area contributed by atoms with E-state index in [1.165, 1.54) is 17.4 Å². The van der Waals surface area contributed by atoms with Crippen LogP contribution in [0.25, 0.3) is 5.57 Å². The SMILES string of the molecule is O=C(O)CCNC(=O)c1ccc(CN(/C(=C\[N+](=O)[O-])NC(C=S)c2ccc(Cl)cc2)c2ccc(C3=CCCCC3)cc2)cc1. The number of nitrogens with one attached hydrogen (secondary N) is 2. The summed E-state index contributed by atoms with van der Waals surface area (Å²) in [5, 5.41) is 28.6. The van der Waals surface area contributed by atoms with E-state index in [2.05, 4.69) is 16.7 Å². The van der Waals surface area contributed by atoms with Gasteiger partial charge in [-0.05, 0) is 84.3 Å². The Balaban J connectivity index is 1.65. The number of hydrogen-bond acceptors (Lipinski definition) is 7. The maximum atomic E-state index is 12.4. The summed E-state index contributed by atoms with van der Waals surface area (Å²) in [6.45, 7) is 0.256. The largest absolute Gasteiger partial charge is 0.481 e. The third-order valence-electron chi connectivity index (χ3n) is 7.21. The lowest BCUT2D eigenvalue weighted by molar-refractivity contribution is -0.403. The van der Waals surface area contributed by atoms with Crippen LogP contribution in [0.2, 0.25) is 5.02 Å². The van der Waals surface area contributed by atoms with Crippen molar-refractivity contribution >= 4 is 52.3 Å². The van der Waals surface area contributed by atoms with Crippen LogP contribution in [-0.4, -0.2) is 33.8 Å². The number of nitrogens with zero attached hydrogens (tertiary/aromatic N) is 2. The van der Waals surface area contributed by atoms with E-state index in [-0.39, 0.29) is 31.2 Å². The molecule has 3 aromatic carbocycles. The van der Waals surface area contributed by atoms with Gasteiger partial charge in [0.15, 0.2) is 5.82 Å². The van der Waals surface area contributed by atoms with Crippen LogP contribution in [0.5, 0.6) is 0 Å². The van der Waals surface area contributed by atoms with Crippen LogP contribution in [0.1, 0.15) is 65.2 Å². The van der Waals surface area contributed by atoms with Gasteiger partial charge in [0.25, 0.3) is 12.1 Å². The van der Waals surface area contributed by atoms with E-state index in [0.717, 1.165) is 47.8 Å². The number of rotatable bonds is 14. The van der Waals surface area contributed by atoms with Crippen LogP contribution in [-0.2, 0) is 11.3 Å². The average molecular weight is 633 g/mol. The molecule has 1 unspecified atom stereocenters. The van der Waals surface area contributed by atoms with Crippen LogP contribution in [0.3, 0.4) is 0 Å². The van der Waals surface area contributed by atoms with E-state index in [0.29, 0.717) is 10.6 Å². The first-order valence-electron chi connectivity index (χ1n) is 14.2. The summed E-state index contributed by atoms with van der Waals surface area (Å²) < 4.78 is 0. The molecule has 3 N–H and O–H groups in total. The topological polar surface area (TPSA) is 125 Å². The molecule has 228 valence electrons. The Morgan fingerprint density at radius 1 is 1.05 bits per heavy atom. The number of halogens is 1. The molecule has 9 nitrogen and oxygen atoms in total. The molecule has 1 aliphatic carbocycles. The molecule has 0 aromatic heterocycles. The smallest absolute Gasteiger partial charge is 0.305 e. The standard InChI is InChI=1S/C33H33ClN4O5S/c34-28-14-10-26(11-15-28)30(22-44)36-31(21-38(42)43)37(29-16-12-25(13-17-29)24-4-2-1-3-5-24)20-23-6-8-27(9-7-23)33(41)35-19-18-32(39)40/h4,6-17,21-22,30,36H,1-3,5,18-20H2,(H,35,41)(H,39,40)/b31-21-. The van der Waals surface area contributed by atoms with Gasteiger partial charge < -0.3 is 20.6 Å². The predicted molar refractivity (Wildman–Crippen MR) is 176 cm³/mol. The van der Waals surface area contributed by atoms with Crippen molar-refractivity contribution < 1.29 is 19.6 Å². The van der Waals surface area contributed by atoms with Crippen molar-refractivity contribution in [2.45, 2.75) is 44.7 Å². The summed E-state index contributed by atoms with van der Waals surface area (Å²) in [4.78, 5) is 36.4. The molecule has 0 aliphatic heterocycles. The molecule has 0 bridgehead atoms. The Labute approximate surface area is 266 Å². The molecule has 11 heteroatoms. The number of allylic oxidation sites excluding steroid dienone is 2. The van der Waals surface area contributed by atoms with Gasteiger partial charge in [-0.2, -0.15) is 0 Å². The second-order valence-electron chi connectivity index (χ2n) is 10.3. The zero-order valence-electron chi connectivity index (χ0n) is 23.9. The number of hydrogen-bond donors (Lipinski definition) is 3. The fourth-order valence-electron chi connectivity index (χ4n) is 4.91. The molecule has 4 rings (SSSR count). The van der Waals surface area contributed by atoms with Crippen LogP contribution < -0.4 is 15.5 Å². The highest BCUT2D eigenvalue weighted by atomic mass is 35.5. The summed E-state index contributed by atoms with van der Waals surface area (Å²) in [6.07, 6.45) is 7.43. The molecule has 44 heavy (non-hydrogen) atoms. The lowest BCUT2D eigenvalue weighted by atomic mass is 9.93. The maximum Gasteiger partial charge on any atom is 0.305 e. The van der Waals surface area contributed by atoms with Crippen molar-refractivity contribution in [3.63, 3.8) is 0 Å². The van der Waals surface area contributed by atoms with Gasteiger partial charge in [0.2, 0.25) is 0 Å². The van der Waals surface area contributed by atoms with Gasteiger partial charge in [-0.1, -0.05) is 66.3 Å². The Kier molecular flexibility index (Phi) is 11.6. The number of carboxylic acid groups (broad SMARTS) is 1. The minimum atomic E-state index is -0.997. The van der Waals surface area contributed by atoms with Crippen LogP contribution in [0.15, 0.2) is 90.9 Å². The van der Waals surface area contributed by atoms with Crippen molar-refractivity contribution in [1.82, 2.24) is 10.6 Å². The number of carbonyl (C=O) groups is 2. The Morgan fingerprint density at radius 2 is 1.75 bits per heavy atom. The van der Waals surface area contributed by atoms with E-state index in [9.17, 15) is 19.7 Å². The number of benzene rings is 3. The molecule has 0 heterocycles. The van der Waals surface area contributed by atoms with Crippen LogP contribution in [0.4, 0.5) is 5.69 Å². The molecule has 0 saturated carbocycles. The van der Waals surface area contributed by atoms with Gasteiger partial charge in [-0.3, -0.25) is 19.7 Å². The first kappa shape index (κ1) is 32.4. The summed E-state index contributed by atoms with van der Waals surface area (Å²) in [5.74, 6) is -1.16. The monoisotopic (exact) mass is 632 g/mol. The highest BCUT2D eigenvalue weighted by Crippen LogP contribution is 2.30. The summed E-state index contributed by atoms with van der Waals surface area (Å²) in [7, 11) is 0. The number of aliphatic carboxylic acids is 1. The predicted octanol–water partition coefficient (Wildman–Crippen LogP) is 6.91. The van der Waals surface area contributed by atoms with E-state index < -0.39 is 16.9 Å². The summed E-state index contributed by atoms with van der Waals surface area (Å²) in [5.41, 5.74) is 5.09.